The van der Waals surface area contributed by atoms with Crippen LogP contribution in [-0.4, -0.2) is 16.1 Å². The normalized spacial score (nSPS) is 11.0. The van der Waals surface area contributed by atoms with Crippen molar-refractivity contribution in [3.05, 3.63) is 102 Å². The Labute approximate surface area is 179 Å². The molecule has 0 unspecified atom stereocenters. The van der Waals surface area contributed by atoms with Crippen LogP contribution in [0.2, 0.25) is 0 Å². The van der Waals surface area contributed by atoms with Gasteiger partial charge in [-0.05, 0) is 48.0 Å². The van der Waals surface area contributed by atoms with E-state index >= 15 is 0 Å². The number of nitrogens with one attached hydrogen (secondary N) is 2. The van der Waals surface area contributed by atoms with E-state index in [1.807, 2.05) is 61.5 Å². The van der Waals surface area contributed by atoms with Gasteiger partial charge in [0.15, 0.2) is 0 Å². The highest BCUT2D eigenvalue weighted by atomic mass is 16.3. The quantitative estimate of drug-likeness (QED) is 0.391. The van der Waals surface area contributed by atoms with E-state index in [9.17, 15) is 4.79 Å². The van der Waals surface area contributed by atoms with Gasteiger partial charge in [-0.25, -0.2) is 0 Å². The zero-order valence-electron chi connectivity index (χ0n) is 17.1. The maximum atomic E-state index is 12.4. The van der Waals surface area contributed by atoms with Crippen LogP contribution in [-0.2, 0) is 6.54 Å². The third-order valence-corrected chi connectivity index (χ3v) is 5.32. The Bertz CT molecular complexity index is 1360. The largest absolute Gasteiger partial charge is 0.465 e. The summed E-state index contributed by atoms with van der Waals surface area (Å²) in [4.78, 5) is 12.4. The van der Waals surface area contributed by atoms with E-state index in [2.05, 4.69) is 45.8 Å². The minimum atomic E-state index is -0.140. The summed E-state index contributed by atoms with van der Waals surface area (Å²) >= 11 is 0. The van der Waals surface area contributed by atoms with Crippen molar-refractivity contribution >= 4 is 16.7 Å². The van der Waals surface area contributed by atoms with Crippen LogP contribution in [0.15, 0.2) is 89.3 Å². The topological polar surface area (TPSA) is 70.9 Å². The Morgan fingerprint density at radius 2 is 1.77 bits per heavy atom. The fourth-order valence-corrected chi connectivity index (χ4v) is 3.71. The summed E-state index contributed by atoms with van der Waals surface area (Å²) in [6, 6.07) is 27.8. The third kappa shape index (κ3) is 3.85. The molecule has 0 fully saturated rings. The Balaban J connectivity index is 1.33. The first-order valence-electron chi connectivity index (χ1n) is 10.1. The van der Waals surface area contributed by atoms with E-state index in [4.69, 9.17) is 4.42 Å². The number of furan rings is 1. The number of carbonyl (C=O) groups is 1. The number of hydrogen-bond acceptors (Lipinski definition) is 3. The maximum Gasteiger partial charge on any atom is 0.251 e. The number of benzene rings is 3. The molecular formula is C26H21N3O2. The molecule has 0 atom stereocenters. The van der Waals surface area contributed by atoms with Crippen LogP contribution in [0.5, 0.6) is 0 Å². The van der Waals surface area contributed by atoms with Gasteiger partial charge in [0.25, 0.3) is 5.91 Å². The molecule has 5 aromatic rings. The predicted molar refractivity (Wildman–Crippen MR) is 122 cm³/mol. The van der Waals surface area contributed by atoms with Crippen LogP contribution in [0.3, 0.4) is 0 Å². The lowest BCUT2D eigenvalue weighted by molar-refractivity contribution is 0.0948. The van der Waals surface area contributed by atoms with E-state index < -0.39 is 0 Å². The average molecular weight is 407 g/mol. The van der Waals surface area contributed by atoms with Crippen molar-refractivity contribution in [2.75, 3.05) is 0 Å². The van der Waals surface area contributed by atoms with E-state index in [1.165, 1.54) is 10.8 Å². The minimum absolute atomic E-state index is 0.140. The molecule has 2 aromatic heterocycles. The molecule has 152 valence electrons. The van der Waals surface area contributed by atoms with E-state index in [0.717, 1.165) is 34.0 Å². The lowest BCUT2D eigenvalue weighted by Gasteiger charge is -2.04. The zero-order chi connectivity index (χ0) is 21.2. The second kappa shape index (κ2) is 7.95. The van der Waals surface area contributed by atoms with Gasteiger partial charge in [-0.2, -0.15) is 5.10 Å². The average Bonchev–Trinajstić information content (AvgIpc) is 3.46. The first kappa shape index (κ1) is 18.9. The molecular weight excluding hydrogens is 386 g/mol. The Morgan fingerprint density at radius 3 is 2.58 bits per heavy atom. The summed E-state index contributed by atoms with van der Waals surface area (Å²) in [5.74, 6) is 1.43. The van der Waals surface area contributed by atoms with E-state index in [1.54, 1.807) is 0 Å². The van der Waals surface area contributed by atoms with Crippen molar-refractivity contribution in [3.63, 3.8) is 0 Å². The highest BCUT2D eigenvalue weighted by Crippen LogP contribution is 2.29. The lowest BCUT2D eigenvalue weighted by Crippen LogP contribution is -2.22. The molecule has 2 heterocycles. The third-order valence-electron chi connectivity index (χ3n) is 5.32. The molecule has 1 amide bonds. The van der Waals surface area contributed by atoms with Gasteiger partial charge in [0.2, 0.25) is 0 Å². The molecule has 31 heavy (non-hydrogen) atoms. The summed E-state index contributed by atoms with van der Waals surface area (Å²) in [7, 11) is 0. The Kier molecular flexibility index (Phi) is 4.84. The van der Waals surface area contributed by atoms with Crippen molar-refractivity contribution in [3.8, 4) is 22.5 Å². The van der Waals surface area contributed by atoms with Gasteiger partial charge in [0.1, 0.15) is 11.5 Å². The SMILES string of the molecule is Cc1ccc(CNC(=O)c2ccc(-c3cc(-c4cccc5ccccc45)[nH]n3)cc2)o1. The zero-order valence-corrected chi connectivity index (χ0v) is 17.1. The van der Waals surface area contributed by atoms with Gasteiger partial charge < -0.3 is 9.73 Å². The number of nitrogens with zero attached hydrogens (tertiary/aromatic N) is 1. The summed E-state index contributed by atoms with van der Waals surface area (Å²) in [6.45, 7) is 2.24. The van der Waals surface area contributed by atoms with Crippen LogP contribution < -0.4 is 5.32 Å². The van der Waals surface area contributed by atoms with Crippen LogP contribution in [0.4, 0.5) is 0 Å². The smallest absolute Gasteiger partial charge is 0.251 e. The van der Waals surface area contributed by atoms with Crippen molar-refractivity contribution < 1.29 is 9.21 Å². The monoisotopic (exact) mass is 407 g/mol. The van der Waals surface area contributed by atoms with Crippen LogP contribution in [0.1, 0.15) is 21.9 Å². The molecule has 0 radical (unpaired) electrons. The second-order valence-corrected chi connectivity index (χ2v) is 7.47. The molecule has 0 saturated carbocycles. The van der Waals surface area contributed by atoms with Crippen molar-refractivity contribution in [2.45, 2.75) is 13.5 Å². The van der Waals surface area contributed by atoms with Gasteiger partial charge >= 0.3 is 0 Å². The number of carbonyl (C=O) groups excluding carboxylic acids is 1. The number of rotatable bonds is 5. The standard InChI is InChI=1S/C26H21N3O2/c1-17-9-14-21(31-17)16-27-26(30)20-12-10-19(11-13-20)24-15-25(29-28-24)23-8-4-6-18-5-2-3-7-22(18)23/h2-15H,16H2,1H3,(H,27,30)(H,28,29). The van der Waals surface area contributed by atoms with Crippen molar-refractivity contribution in [2.24, 2.45) is 0 Å². The molecule has 0 bridgehead atoms. The molecule has 2 N–H and O–H groups in total. The minimum Gasteiger partial charge on any atom is -0.465 e. The molecule has 0 aliphatic rings. The van der Waals surface area contributed by atoms with Crippen LogP contribution in [0, 0.1) is 6.92 Å². The van der Waals surface area contributed by atoms with Gasteiger partial charge in [-0.3, -0.25) is 9.89 Å². The molecule has 0 aliphatic carbocycles. The van der Waals surface area contributed by atoms with E-state index in [0.29, 0.717) is 12.1 Å². The summed E-state index contributed by atoms with van der Waals surface area (Å²) in [6.07, 6.45) is 0. The molecule has 0 saturated heterocycles. The van der Waals surface area contributed by atoms with Crippen molar-refractivity contribution in [1.29, 1.82) is 0 Å². The Hall–Kier alpha value is -4.12. The number of aryl methyl sites for hydroxylation is 1. The molecule has 5 heteroatoms. The lowest BCUT2D eigenvalue weighted by atomic mass is 10.0. The molecule has 0 aliphatic heterocycles. The fraction of sp³-hybridized carbons (Fsp3) is 0.0769. The number of aromatic nitrogens is 2. The number of H-pyrrole nitrogens is 1. The molecule has 0 spiro atoms. The van der Waals surface area contributed by atoms with Crippen molar-refractivity contribution in [1.82, 2.24) is 15.5 Å². The summed E-state index contributed by atoms with van der Waals surface area (Å²) in [5, 5.41) is 12.9. The molecule has 5 rings (SSSR count). The first-order chi connectivity index (χ1) is 15.2. The summed E-state index contributed by atoms with van der Waals surface area (Å²) < 4.78 is 5.49. The number of amides is 1. The summed E-state index contributed by atoms with van der Waals surface area (Å²) in [5.41, 5.74) is 4.45. The van der Waals surface area contributed by atoms with Gasteiger partial charge in [-0.15, -0.1) is 0 Å². The molecule has 3 aromatic carbocycles. The second-order valence-electron chi connectivity index (χ2n) is 7.47. The highest BCUT2D eigenvalue weighted by molar-refractivity contribution is 5.96. The van der Waals surface area contributed by atoms with Gasteiger partial charge in [0.05, 0.1) is 17.9 Å². The van der Waals surface area contributed by atoms with Crippen LogP contribution >= 0.6 is 0 Å². The molecule has 5 nitrogen and oxygen atoms in total. The number of aromatic amines is 1. The maximum absolute atomic E-state index is 12.4. The highest BCUT2D eigenvalue weighted by Gasteiger charge is 2.11. The van der Waals surface area contributed by atoms with Crippen LogP contribution in [0.25, 0.3) is 33.3 Å². The number of hydrogen-bond donors (Lipinski definition) is 2. The van der Waals surface area contributed by atoms with E-state index in [-0.39, 0.29) is 5.91 Å². The first-order valence-corrected chi connectivity index (χ1v) is 10.1. The predicted octanol–water partition coefficient (Wildman–Crippen LogP) is 5.73. The Morgan fingerprint density at radius 1 is 0.968 bits per heavy atom. The fourth-order valence-electron chi connectivity index (χ4n) is 3.71. The number of fused-ring (bicyclic) bond motifs is 1. The van der Waals surface area contributed by atoms with Gasteiger partial charge in [0, 0.05) is 16.7 Å². The van der Waals surface area contributed by atoms with Gasteiger partial charge in [-0.1, -0.05) is 54.6 Å².